The smallest absolute Gasteiger partial charge is 0.246 e. The Morgan fingerprint density at radius 1 is 1.39 bits per heavy atom. The first-order chi connectivity index (χ1) is 8.65. The maximum absolute atomic E-state index is 12.2. The van der Waals surface area contributed by atoms with Gasteiger partial charge in [-0.25, -0.2) is 0 Å². The Bertz CT molecular complexity index is 416. The van der Waals surface area contributed by atoms with Gasteiger partial charge in [-0.3, -0.25) is 10.1 Å². The fourth-order valence-electron chi connectivity index (χ4n) is 2.29. The quantitative estimate of drug-likeness (QED) is 0.837. The number of benzene rings is 1. The molecule has 2 atom stereocenters. The van der Waals surface area contributed by atoms with Gasteiger partial charge in [0, 0.05) is 18.3 Å². The molecule has 1 aromatic carbocycles. The molecule has 98 valence electrons. The van der Waals surface area contributed by atoms with Crippen LogP contribution in [0.2, 0.25) is 0 Å². The SMILES string of the molecule is CCc1ccc(N2CC(C)NC(CO)C2=O)cc1. The standard InChI is InChI=1S/C14H20N2O2/c1-3-11-4-6-12(7-5-11)16-8-10(2)15-13(9-17)14(16)18/h4-7,10,13,15,17H,3,8-9H2,1-2H3. The van der Waals surface area contributed by atoms with Crippen LogP contribution in [0.1, 0.15) is 19.4 Å². The Kier molecular flexibility index (Phi) is 3.99. The first-order valence-corrected chi connectivity index (χ1v) is 6.43. The van der Waals surface area contributed by atoms with Crippen LogP contribution in [-0.2, 0) is 11.2 Å². The zero-order chi connectivity index (χ0) is 13.1. The number of rotatable bonds is 3. The Balaban J connectivity index is 2.21. The van der Waals surface area contributed by atoms with Gasteiger partial charge < -0.3 is 10.0 Å². The van der Waals surface area contributed by atoms with Crippen LogP contribution in [0.4, 0.5) is 5.69 Å². The average molecular weight is 248 g/mol. The van der Waals surface area contributed by atoms with Gasteiger partial charge in [0.25, 0.3) is 0 Å². The third kappa shape index (κ3) is 2.54. The number of carbonyl (C=O) groups is 1. The molecule has 2 rings (SSSR count). The lowest BCUT2D eigenvalue weighted by molar-refractivity contribution is -0.123. The number of piperazine rings is 1. The Labute approximate surface area is 108 Å². The van der Waals surface area contributed by atoms with Gasteiger partial charge in [-0.15, -0.1) is 0 Å². The summed E-state index contributed by atoms with van der Waals surface area (Å²) in [5.41, 5.74) is 2.16. The molecule has 1 aliphatic heterocycles. The molecule has 4 nitrogen and oxygen atoms in total. The molecule has 18 heavy (non-hydrogen) atoms. The molecule has 0 aliphatic carbocycles. The highest BCUT2D eigenvalue weighted by Crippen LogP contribution is 2.19. The zero-order valence-electron chi connectivity index (χ0n) is 10.9. The predicted octanol–water partition coefficient (Wildman–Crippen LogP) is 0.935. The number of carbonyl (C=O) groups excluding carboxylic acids is 1. The molecule has 1 amide bonds. The molecule has 1 saturated heterocycles. The summed E-state index contributed by atoms with van der Waals surface area (Å²) in [7, 11) is 0. The fourth-order valence-corrected chi connectivity index (χ4v) is 2.29. The third-order valence-corrected chi connectivity index (χ3v) is 3.35. The van der Waals surface area contributed by atoms with E-state index < -0.39 is 6.04 Å². The van der Waals surface area contributed by atoms with E-state index in [9.17, 15) is 9.90 Å². The Hall–Kier alpha value is -1.39. The molecule has 1 aromatic rings. The van der Waals surface area contributed by atoms with Crippen molar-refractivity contribution in [3.05, 3.63) is 29.8 Å². The highest BCUT2D eigenvalue weighted by atomic mass is 16.3. The van der Waals surface area contributed by atoms with Crippen LogP contribution in [0.15, 0.2) is 24.3 Å². The molecule has 1 heterocycles. The minimum Gasteiger partial charge on any atom is -0.394 e. The first kappa shape index (κ1) is 13.1. The second-order valence-corrected chi connectivity index (χ2v) is 4.77. The number of aliphatic hydroxyl groups excluding tert-OH is 1. The van der Waals surface area contributed by atoms with E-state index in [2.05, 4.69) is 12.2 Å². The van der Waals surface area contributed by atoms with Crippen LogP contribution >= 0.6 is 0 Å². The van der Waals surface area contributed by atoms with Gasteiger partial charge in [0.2, 0.25) is 5.91 Å². The minimum absolute atomic E-state index is 0.0557. The summed E-state index contributed by atoms with van der Waals surface area (Å²) in [5, 5.41) is 12.3. The van der Waals surface area contributed by atoms with E-state index in [1.54, 1.807) is 4.90 Å². The number of anilines is 1. The summed E-state index contributed by atoms with van der Waals surface area (Å²) in [6, 6.07) is 7.74. The molecule has 4 heteroatoms. The zero-order valence-corrected chi connectivity index (χ0v) is 10.9. The number of aliphatic hydroxyl groups is 1. The molecule has 2 unspecified atom stereocenters. The van der Waals surface area contributed by atoms with E-state index in [0.717, 1.165) is 12.1 Å². The van der Waals surface area contributed by atoms with Gasteiger partial charge >= 0.3 is 0 Å². The molecule has 1 fully saturated rings. The van der Waals surface area contributed by atoms with E-state index in [-0.39, 0.29) is 18.6 Å². The van der Waals surface area contributed by atoms with Crippen LogP contribution in [0.3, 0.4) is 0 Å². The predicted molar refractivity (Wildman–Crippen MR) is 71.6 cm³/mol. The number of hydrogen-bond donors (Lipinski definition) is 2. The monoisotopic (exact) mass is 248 g/mol. The largest absolute Gasteiger partial charge is 0.394 e. The van der Waals surface area contributed by atoms with Crippen molar-refractivity contribution in [1.29, 1.82) is 0 Å². The Morgan fingerprint density at radius 2 is 2.06 bits per heavy atom. The highest BCUT2D eigenvalue weighted by Gasteiger charge is 2.32. The summed E-state index contributed by atoms with van der Waals surface area (Å²) >= 11 is 0. The van der Waals surface area contributed by atoms with Crippen molar-refractivity contribution >= 4 is 11.6 Å². The second kappa shape index (κ2) is 5.50. The van der Waals surface area contributed by atoms with Crippen LogP contribution in [-0.4, -0.2) is 36.2 Å². The Morgan fingerprint density at radius 3 is 2.61 bits per heavy atom. The number of nitrogens with one attached hydrogen (secondary N) is 1. The summed E-state index contributed by atoms with van der Waals surface area (Å²) in [5.74, 6) is -0.0557. The molecule has 2 N–H and O–H groups in total. The van der Waals surface area contributed by atoms with Crippen LogP contribution in [0.5, 0.6) is 0 Å². The molecular weight excluding hydrogens is 228 g/mol. The van der Waals surface area contributed by atoms with Crippen LogP contribution in [0, 0.1) is 0 Å². The lowest BCUT2D eigenvalue weighted by Gasteiger charge is -2.36. The normalized spacial score (nSPS) is 24.4. The lowest BCUT2D eigenvalue weighted by atomic mass is 10.1. The van der Waals surface area contributed by atoms with Gasteiger partial charge in [-0.1, -0.05) is 19.1 Å². The van der Waals surface area contributed by atoms with Crippen LogP contribution in [0.25, 0.3) is 0 Å². The fraction of sp³-hybridized carbons (Fsp3) is 0.500. The van der Waals surface area contributed by atoms with Gasteiger partial charge in [0.1, 0.15) is 6.04 Å². The average Bonchev–Trinajstić information content (AvgIpc) is 2.41. The van der Waals surface area contributed by atoms with Gasteiger partial charge in [-0.2, -0.15) is 0 Å². The molecule has 0 saturated carbocycles. The van der Waals surface area contributed by atoms with Crippen molar-refractivity contribution < 1.29 is 9.90 Å². The van der Waals surface area contributed by atoms with E-state index >= 15 is 0 Å². The van der Waals surface area contributed by atoms with Gasteiger partial charge in [-0.05, 0) is 31.0 Å². The van der Waals surface area contributed by atoms with Crippen molar-refractivity contribution in [3.8, 4) is 0 Å². The summed E-state index contributed by atoms with van der Waals surface area (Å²) < 4.78 is 0. The van der Waals surface area contributed by atoms with Crippen molar-refractivity contribution in [2.24, 2.45) is 0 Å². The van der Waals surface area contributed by atoms with Crippen molar-refractivity contribution in [2.75, 3.05) is 18.1 Å². The molecular formula is C14H20N2O2. The topological polar surface area (TPSA) is 52.6 Å². The van der Waals surface area contributed by atoms with Gasteiger partial charge in [0.05, 0.1) is 6.61 Å². The molecule has 0 aromatic heterocycles. The first-order valence-electron chi connectivity index (χ1n) is 6.43. The van der Waals surface area contributed by atoms with Crippen molar-refractivity contribution in [1.82, 2.24) is 5.32 Å². The number of nitrogens with zero attached hydrogens (tertiary/aromatic N) is 1. The van der Waals surface area contributed by atoms with Crippen molar-refractivity contribution in [3.63, 3.8) is 0 Å². The number of aryl methyl sites for hydroxylation is 1. The maximum Gasteiger partial charge on any atom is 0.246 e. The molecule has 0 spiro atoms. The van der Waals surface area contributed by atoms with E-state index in [0.29, 0.717) is 6.54 Å². The van der Waals surface area contributed by atoms with Crippen LogP contribution < -0.4 is 10.2 Å². The number of amides is 1. The van der Waals surface area contributed by atoms with Gasteiger partial charge in [0.15, 0.2) is 0 Å². The minimum atomic E-state index is -0.486. The summed E-state index contributed by atoms with van der Waals surface area (Å²) in [4.78, 5) is 13.9. The van der Waals surface area contributed by atoms with Crippen molar-refractivity contribution in [2.45, 2.75) is 32.4 Å². The molecule has 1 aliphatic rings. The summed E-state index contributed by atoms with van der Waals surface area (Å²) in [6.45, 7) is 4.60. The van der Waals surface area contributed by atoms with E-state index in [1.165, 1.54) is 5.56 Å². The molecule has 0 radical (unpaired) electrons. The van der Waals surface area contributed by atoms with E-state index in [4.69, 9.17) is 0 Å². The lowest BCUT2D eigenvalue weighted by Crippen LogP contribution is -2.60. The second-order valence-electron chi connectivity index (χ2n) is 4.77. The van der Waals surface area contributed by atoms with E-state index in [1.807, 2.05) is 31.2 Å². The third-order valence-electron chi connectivity index (χ3n) is 3.35. The highest BCUT2D eigenvalue weighted by molar-refractivity contribution is 5.98. The maximum atomic E-state index is 12.2. The summed E-state index contributed by atoms with van der Waals surface area (Å²) in [6.07, 6.45) is 0.992. The molecule has 0 bridgehead atoms. The number of hydrogen-bond acceptors (Lipinski definition) is 3.